The van der Waals surface area contributed by atoms with E-state index in [-0.39, 0.29) is 12.6 Å². The van der Waals surface area contributed by atoms with Crippen molar-refractivity contribution in [3.63, 3.8) is 0 Å². The highest BCUT2D eigenvalue weighted by atomic mass is 19.1. The monoisotopic (exact) mass is 389 g/mol. The molecule has 0 bridgehead atoms. The smallest absolute Gasteiger partial charge is 0.257 e. The molecule has 1 heterocycles. The van der Waals surface area contributed by atoms with Crippen LogP contribution in [-0.4, -0.2) is 57.8 Å². The minimum absolute atomic E-state index is 0.112. The second-order valence-corrected chi connectivity index (χ2v) is 6.96. The first-order valence-corrected chi connectivity index (χ1v) is 9.28. The Bertz CT molecular complexity index is 786. The Morgan fingerprint density at radius 1 is 1.11 bits per heavy atom. The summed E-state index contributed by atoms with van der Waals surface area (Å²) in [6.07, 6.45) is 0. The van der Waals surface area contributed by atoms with E-state index in [1.165, 1.54) is 6.07 Å². The molecule has 0 radical (unpaired) electrons. The third kappa shape index (κ3) is 4.66. The molecule has 1 atom stereocenters. The lowest BCUT2D eigenvalue weighted by atomic mass is 10.0. The van der Waals surface area contributed by atoms with Crippen molar-refractivity contribution in [2.75, 3.05) is 51.8 Å². The van der Waals surface area contributed by atoms with E-state index in [1.807, 2.05) is 43.3 Å². The van der Waals surface area contributed by atoms with Gasteiger partial charge in [0.15, 0.2) is 0 Å². The molecule has 2 aromatic carbocycles. The van der Waals surface area contributed by atoms with Gasteiger partial charge < -0.3 is 15.0 Å². The van der Waals surface area contributed by atoms with Crippen molar-refractivity contribution in [2.45, 2.75) is 6.04 Å². The topological polar surface area (TPSA) is 44.8 Å². The molecular formula is C21H25F2N3O2. The van der Waals surface area contributed by atoms with Crippen molar-refractivity contribution in [1.82, 2.24) is 10.2 Å². The molecule has 0 aromatic heterocycles. The SMILES string of the molecule is CN(C)c1ccc([C@H](CNC(=O)c2c(F)cccc2F)N2CCOCC2)cc1. The van der Waals surface area contributed by atoms with E-state index < -0.39 is 23.1 Å². The van der Waals surface area contributed by atoms with Gasteiger partial charge in [0.1, 0.15) is 17.2 Å². The number of rotatable bonds is 6. The second kappa shape index (κ2) is 9.12. The Hall–Kier alpha value is -2.51. The van der Waals surface area contributed by atoms with Crippen molar-refractivity contribution >= 4 is 11.6 Å². The highest BCUT2D eigenvalue weighted by molar-refractivity contribution is 5.94. The van der Waals surface area contributed by atoms with Gasteiger partial charge in [0, 0.05) is 39.4 Å². The minimum atomic E-state index is -0.865. The normalized spacial score (nSPS) is 15.9. The highest BCUT2D eigenvalue weighted by Crippen LogP contribution is 2.24. The Labute approximate surface area is 163 Å². The number of carbonyl (C=O) groups is 1. The van der Waals surface area contributed by atoms with Crippen molar-refractivity contribution in [3.05, 3.63) is 65.2 Å². The Morgan fingerprint density at radius 2 is 1.71 bits per heavy atom. The van der Waals surface area contributed by atoms with Crippen LogP contribution in [0.4, 0.5) is 14.5 Å². The molecule has 1 fully saturated rings. The molecule has 0 aliphatic carbocycles. The number of carbonyl (C=O) groups excluding carboxylic acids is 1. The maximum Gasteiger partial charge on any atom is 0.257 e. The van der Waals surface area contributed by atoms with Gasteiger partial charge in [-0.25, -0.2) is 8.78 Å². The molecule has 1 aliphatic heterocycles. The van der Waals surface area contributed by atoms with Crippen LogP contribution < -0.4 is 10.2 Å². The van der Waals surface area contributed by atoms with E-state index in [1.54, 1.807) is 0 Å². The zero-order valence-corrected chi connectivity index (χ0v) is 16.1. The van der Waals surface area contributed by atoms with Crippen LogP contribution in [0.2, 0.25) is 0 Å². The van der Waals surface area contributed by atoms with Crippen LogP contribution in [0.15, 0.2) is 42.5 Å². The van der Waals surface area contributed by atoms with E-state index in [9.17, 15) is 13.6 Å². The molecule has 3 rings (SSSR count). The summed E-state index contributed by atoms with van der Waals surface area (Å²) in [5.74, 6) is -2.48. The van der Waals surface area contributed by atoms with E-state index in [4.69, 9.17) is 4.74 Å². The van der Waals surface area contributed by atoms with Gasteiger partial charge in [-0.05, 0) is 29.8 Å². The Morgan fingerprint density at radius 3 is 2.29 bits per heavy atom. The quantitative estimate of drug-likeness (QED) is 0.825. The fourth-order valence-electron chi connectivity index (χ4n) is 3.33. The molecule has 1 N–H and O–H groups in total. The summed E-state index contributed by atoms with van der Waals surface area (Å²) in [5.41, 5.74) is 1.55. The molecule has 1 aliphatic rings. The number of morpholine rings is 1. The van der Waals surface area contributed by atoms with E-state index in [0.29, 0.717) is 13.2 Å². The molecule has 0 saturated carbocycles. The lowest BCUT2D eigenvalue weighted by Gasteiger charge is -2.35. The van der Waals surface area contributed by atoms with Gasteiger partial charge >= 0.3 is 0 Å². The predicted molar refractivity (Wildman–Crippen MR) is 105 cm³/mol. The molecule has 1 saturated heterocycles. The lowest BCUT2D eigenvalue weighted by molar-refractivity contribution is 0.0162. The molecule has 0 unspecified atom stereocenters. The molecule has 7 heteroatoms. The first-order chi connectivity index (χ1) is 13.5. The molecular weight excluding hydrogens is 364 g/mol. The van der Waals surface area contributed by atoms with Crippen LogP contribution in [-0.2, 0) is 4.74 Å². The summed E-state index contributed by atoms with van der Waals surface area (Å²) < 4.78 is 33.2. The Balaban J connectivity index is 1.78. The molecule has 2 aromatic rings. The van der Waals surface area contributed by atoms with Crippen LogP contribution >= 0.6 is 0 Å². The first-order valence-electron chi connectivity index (χ1n) is 9.28. The van der Waals surface area contributed by atoms with E-state index >= 15 is 0 Å². The summed E-state index contributed by atoms with van der Waals surface area (Å²) in [6.45, 7) is 2.92. The van der Waals surface area contributed by atoms with Gasteiger partial charge in [0.05, 0.1) is 19.3 Å². The number of benzene rings is 2. The van der Waals surface area contributed by atoms with Crippen molar-refractivity contribution in [3.8, 4) is 0 Å². The molecule has 5 nitrogen and oxygen atoms in total. The fraction of sp³-hybridized carbons (Fsp3) is 0.381. The standard InChI is InChI=1S/C21H25F2N3O2/c1-25(2)16-8-6-15(7-9-16)19(26-10-12-28-13-11-26)14-24-21(27)20-17(22)4-3-5-18(20)23/h3-9,19H,10-14H2,1-2H3,(H,24,27)/t19-/m0/s1. The number of amides is 1. The molecule has 0 spiro atoms. The van der Waals surface area contributed by atoms with Crippen LogP contribution in [0, 0.1) is 11.6 Å². The maximum atomic E-state index is 13.9. The van der Waals surface area contributed by atoms with Crippen molar-refractivity contribution < 1.29 is 18.3 Å². The van der Waals surface area contributed by atoms with E-state index in [0.717, 1.165) is 36.5 Å². The minimum Gasteiger partial charge on any atom is -0.379 e. The van der Waals surface area contributed by atoms with Gasteiger partial charge in [-0.1, -0.05) is 18.2 Å². The zero-order chi connectivity index (χ0) is 20.1. The summed E-state index contributed by atoms with van der Waals surface area (Å²) in [4.78, 5) is 16.6. The van der Waals surface area contributed by atoms with Gasteiger partial charge in [-0.15, -0.1) is 0 Å². The number of anilines is 1. The van der Waals surface area contributed by atoms with Crippen molar-refractivity contribution in [1.29, 1.82) is 0 Å². The number of hydrogen-bond donors (Lipinski definition) is 1. The number of nitrogens with zero attached hydrogens (tertiary/aromatic N) is 2. The van der Waals surface area contributed by atoms with Gasteiger partial charge in [-0.3, -0.25) is 9.69 Å². The largest absolute Gasteiger partial charge is 0.379 e. The predicted octanol–water partition coefficient (Wildman–Crippen LogP) is 2.83. The summed E-state index contributed by atoms with van der Waals surface area (Å²) >= 11 is 0. The van der Waals surface area contributed by atoms with Gasteiger partial charge in [0.2, 0.25) is 0 Å². The number of hydrogen-bond acceptors (Lipinski definition) is 4. The fourth-order valence-corrected chi connectivity index (χ4v) is 3.33. The average Bonchev–Trinajstić information content (AvgIpc) is 2.69. The van der Waals surface area contributed by atoms with Crippen molar-refractivity contribution in [2.24, 2.45) is 0 Å². The highest BCUT2D eigenvalue weighted by Gasteiger charge is 2.25. The van der Waals surface area contributed by atoms with Gasteiger partial charge in [-0.2, -0.15) is 0 Å². The average molecular weight is 389 g/mol. The van der Waals surface area contributed by atoms with Crippen LogP contribution in [0.25, 0.3) is 0 Å². The maximum absolute atomic E-state index is 13.9. The number of ether oxygens (including phenoxy) is 1. The van der Waals surface area contributed by atoms with Crippen LogP contribution in [0.3, 0.4) is 0 Å². The third-order valence-corrected chi connectivity index (χ3v) is 4.93. The second-order valence-electron chi connectivity index (χ2n) is 6.96. The molecule has 1 amide bonds. The Kier molecular flexibility index (Phi) is 6.59. The summed E-state index contributed by atoms with van der Waals surface area (Å²) in [5, 5.41) is 2.70. The first kappa shape index (κ1) is 20.2. The number of halogens is 2. The third-order valence-electron chi connectivity index (χ3n) is 4.93. The molecule has 28 heavy (non-hydrogen) atoms. The number of nitrogens with one attached hydrogen (secondary N) is 1. The van der Waals surface area contributed by atoms with E-state index in [2.05, 4.69) is 10.2 Å². The lowest BCUT2D eigenvalue weighted by Crippen LogP contribution is -2.44. The zero-order valence-electron chi connectivity index (χ0n) is 16.1. The summed E-state index contributed by atoms with van der Waals surface area (Å²) in [6, 6.07) is 11.4. The summed E-state index contributed by atoms with van der Waals surface area (Å²) in [7, 11) is 3.94. The molecule has 150 valence electrons. The van der Waals surface area contributed by atoms with Crippen LogP contribution in [0.1, 0.15) is 22.0 Å². The van der Waals surface area contributed by atoms with Gasteiger partial charge in [0.25, 0.3) is 5.91 Å². The van der Waals surface area contributed by atoms with Crippen LogP contribution in [0.5, 0.6) is 0 Å².